The minimum Gasteiger partial charge on any atom is -0.477 e. The molecule has 2 aromatic rings. The molecular formula is C18H20N2O4. The summed E-state index contributed by atoms with van der Waals surface area (Å²) in [6.07, 6.45) is 0.573. The summed E-state index contributed by atoms with van der Waals surface area (Å²) in [7, 11) is 0. The fourth-order valence-corrected chi connectivity index (χ4v) is 1.96. The van der Waals surface area contributed by atoms with Crippen molar-refractivity contribution >= 4 is 17.6 Å². The zero-order valence-corrected chi connectivity index (χ0v) is 13.9. The standard InChI is InChI=1S/C18H20N2O4/c1-4-23-17-15(6-5-11-19-17)18(22)24-13(3)16(21)20-14-9-7-12(2)8-10-14/h5-11,13H,4H2,1-3H3,(H,20,21). The fourth-order valence-electron chi connectivity index (χ4n) is 1.96. The third kappa shape index (κ3) is 4.55. The van der Waals surface area contributed by atoms with Gasteiger partial charge in [0.15, 0.2) is 6.10 Å². The van der Waals surface area contributed by atoms with Gasteiger partial charge in [0, 0.05) is 11.9 Å². The first-order valence-electron chi connectivity index (χ1n) is 7.67. The van der Waals surface area contributed by atoms with Crippen LogP contribution >= 0.6 is 0 Å². The maximum atomic E-state index is 12.2. The summed E-state index contributed by atoms with van der Waals surface area (Å²) in [4.78, 5) is 28.4. The second-order valence-corrected chi connectivity index (χ2v) is 5.19. The number of carbonyl (C=O) groups excluding carboxylic acids is 2. The van der Waals surface area contributed by atoms with Gasteiger partial charge in [-0.15, -0.1) is 0 Å². The molecule has 1 unspecified atom stereocenters. The molecule has 0 aliphatic carbocycles. The Morgan fingerprint density at radius 3 is 2.58 bits per heavy atom. The predicted octanol–water partition coefficient (Wildman–Crippen LogP) is 2.97. The molecule has 6 nitrogen and oxygen atoms in total. The Morgan fingerprint density at radius 2 is 1.92 bits per heavy atom. The Balaban J connectivity index is 2.00. The van der Waals surface area contributed by atoms with Gasteiger partial charge in [0.25, 0.3) is 5.91 Å². The van der Waals surface area contributed by atoms with E-state index in [0.717, 1.165) is 5.56 Å². The number of nitrogens with zero attached hydrogens (tertiary/aromatic N) is 1. The van der Waals surface area contributed by atoms with Crippen LogP contribution in [0.3, 0.4) is 0 Å². The molecule has 0 aliphatic rings. The van der Waals surface area contributed by atoms with E-state index in [-0.39, 0.29) is 11.4 Å². The molecule has 1 N–H and O–H groups in total. The molecule has 2 rings (SSSR count). The summed E-state index contributed by atoms with van der Waals surface area (Å²) in [5, 5.41) is 2.70. The van der Waals surface area contributed by atoms with Crippen LogP contribution in [0.1, 0.15) is 29.8 Å². The fraction of sp³-hybridized carbons (Fsp3) is 0.278. The third-order valence-corrected chi connectivity index (χ3v) is 3.24. The summed E-state index contributed by atoms with van der Waals surface area (Å²) < 4.78 is 10.5. The van der Waals surface area contributed by atoms with Gasteiger partial charge in [-0.05, 0) is 45.0 Å². The molecule has 0 spiro atoms. The lowest BCUT2D eigenvalue weighted by molar-refractivity contribution is -0.123. The molecule has 1 aromatic carbocycles. The molecule has 6 heteroatoms. The lowest BCUT2D eigenvalue weighted by atomic mass is 10.2. The number of hydrogen-bond acceptors (Lipinski definition) is 5. The summed E-state index contributed by atoms with van der Waals surface area (Å²) in [6, 6.07) is 10.5. The molecule has 0 saturated heterocycles. The highest BCUT2D eigenvalue weighted by Gasteiger charge is 2.22. The average Bonchev–Trinajstić information content (AvgIpc) is 2.57. The van der Waals surface area contributed by atoms with Crippen LogP contribution in [-0.2, 0) is 9.53 Å². The maximum Gasteiger partial charge on any atom is 0.344 e. The van der Waals surface area contributed by atoms with E-state index in [1.54, 1.807) is 31.2 Å². The van der Waals surface area contributed by atoms with Gasteiger partial charge in [0.1, 0.15) is 5.56 Å². The zero-order chi connectivity index (χ0) is 17.5. The number of benzene rings is 1. The minimum absolute atomic E-state index is 0.189. The van der Waals surface area contributed by atoms with Gasteiger partial charge in [-0.3, -0.25) is 4.79 Å². The number of anilines is 1. The number of pyridine rings is 1. The molecule has 1 amide bonds. The van der Waals surface area contributed by atoms with Crippen LogP contribution in [0.15, 0.2) is 42.6 Å². The highest BCUT2D eigenvalue weighted by Crippen LogP contribution is 2.17. The third-order valence-electron chi connectivity index (χ3n) is 3.24. The molecular weight excluding hydrogens is 308 g/mol. The van der Waals surface area contributed by atoms with E-state index in [0.29, 0.717) is 12.3 Å². The van der Waals surface area contributed by atoms with E-state index in [1.807, 2.05) is 19.1 Å². The number of aryl methyl sites for hydroxylation is 1. The van der Waals surface area contributed by atoms with Crippen molar-refractivity contribution in [2.75, 3.05) is 11.9 Å². The second kappa shape index (κ2) is 8.10. The highest BCUT2D eigenvalue weighted by atomic mass is 16.5. The molecule has 0 bridgehead atoms. The number of ether oxygens (including phenoxy) is 2. The van der Waals surface area contributed by atoms with Crippen molar-refractivity contribution < 1.29 is 19.1 Å². The normalized spacial score (nSPS) is 11.5. The van der Waals surface area contributed by atoms with Crippen molar-refractivity contribution in [2.24, 2.45) is 0 Å². The van der Waals surface area contributed by atoms with Gasteiger partial charge in [-0.1, -0.05) is 17.7 Å². The Morgan fingerprint density at radius 1 is 1.21 bits per heavy atom. The zero-order valence-electron chi connectivity index (χ0n) is 13.9. The van der Waals surface area contributed by atoms with Gasteiger partial charge < -0.3 is 14.8 Å². The van der Waals surface area contributed by atoms with E-state index in [9.17, 15) is 9.59 Å². The predicted molar refractivity (Wildman–Crippen MR) is 90.1 cm³/mol. The Labute approximate surface area is 140 Å². The van der Waals surface area contributed by atoms with Crippen molar-refractivity contribution in [3.63, 3.8) is 0 Å². The highest BCUT2D eigenvalue weighted by molar-refractivity contribution is 5.98. The van der Waals surface area contributed by atoms with Crippen LogP contribution in [0.5, 0.6) is 5.88 Å². The Kier molecular flexibility index (Phi) is 5.89. The van der Waals surface area contributed by atoms with Crippen LogP contribution in [0, 0.1) is 6.92 Å². The van der Waals surface area contributed by atoms with E-state index in [2.05, 4.69) is 10.3 Å². The second-order valence-electron chi connectivity index (χ2n) is 5.19. The SMILES string of the molecule is CCOc1ncccc1C(=O)OC(C)C(=O)Nc1ccc(C)cc1. The Hall–Kier alpha value is -2.89. The summed E-state index contributed by atoms with van der Waals surface area (Å²) in [6.45, 7) is 5.64. The molecule has 1 aromatic heterocycles. The van der Waals surface area contributed by atoms with Gasteiger partial charge in [0.2, 0.25) is 5.88 Å². The van der Waals surface area contributed by atoms with Crippen molar-refractivity contribution in [1.29, 1.82) is 0 Å². The number of rotatable bonds is 6. The number of carbonyl (C=O) groups is 2. The molecule has 0 fully saturated rings. The van der Waals surface area contributed by atoms with Crippen LogP contribution in [0.4, 0.5) is 5.69 Å². The van der Waals surface area contributed by atoms with E-state index in [1.165, 1.54) is 13.1 Å². The molecule has 0 saturated carbocycles. The Bertz CT molecular complexity index is 713. The number of aromatic nitrogens is 1. The molecule has 0 aliphatic heterocycles. The quantitative estimate of drug-likeness (QED) is 0.825. The van der Waals surface area contributed by atoms with E-state index in [4.69, 9.17) is 9.47 Å². The monoisotopic (exact) mass is 328 g/mol. The lowest BCUT2D eigenvalue weighted by Crippen LogP contribution is -2.30. The molecule has 126 valence electrons. The van der Waals surface area contributed by atoms with E-state index < -0.39 is 18.0 Å². The first-order chi connectivity index (χ1) is 11.5. The first kappa shape index (κ1) is 17.5. The van der Waals surface area contributed by atoms with Gasteiger partial charge in [-0.25, -0.2) is 9.78 Å². The van der Waals surface area contributed by atoms with Crippen LogP contribution in [0.25, 0.3) is 0 Å². The van der Waals surface area contributed by atoms with Crippen molar-refractivity contribution in [1.82, 2.24) is 4.98 Å². The molecule has 24 heavy (non-hydrogen) atoms. The largest absolute Gasteiger partial charge is 0.477 e. The van der Waals surface area contributed by atoms with Crippen molar-refractivity contribution in [3.05, 3.63) is 53.7 Å². The maximum absolute atomic E-state index is 12.2. The molecule has 1 atom stereocenters. The molecule has 0 radical (unpaired) electrons. The van der Waals surface area contributed by atoms with Crippen LogP contribution in [0.2, 0.25) is 0 Å². The number of nitrogens with one attached hydrogen (secondary N) is 1. The van der Waals surface area contributed by atoms with Gasteiger partial charge in [0.05, 0.1) is 6.61 Å². The van der Waals surface area contributed by atoms with E-state index >= 15 is 0 Å². The number of esters is 1. The van der Waals surface area contributed by atoms with Crippen LogP contribution < -0.4 is 10.1 Å². The summed E-state index contributed by atoms with van der Waals surface area (Å²) in [5.41, 5.74) is 1.92. The summed E-state index contributed by atoms with van der Waals surface area (Å²) >= 11 is 0. The minimum atomic E-state index is -0.950. The van der Waals surface area contributed by atoms with Gasteiger partial charge in [-0.2, -0.15) is 0 Å². The van der Waals surface area contributed by atoms with Gasteiger partial charge >= 0.3 is 5.97 Å². The molecule has 1 heterocycles. The van der Waals surface area contributed by atoms with Crippen LogP contribution in [-0.4, -0.2) is 29.6 Å². The van der Waals surface area contributed by atoms with Crippen molar-refractivity contribution in [2.45, 2.75) is 26.9 Å². The number of hydrogen-bond donors (Lipinski definition) is 1. The summed E-state index contributed by atoms with van der Waals surface area (Å²) in [5.74, 6) is -0.872. The lowest BCUT2D eigenvalue weighted by Gasteiger charge is -2.14. The average molecular weight is 328 g/mol. The number of amides is 1. The first-order valence-corrected chi connectivity index (χ1v) is 7.67. The van der Waals surface area contributed by atoms with Crippen molar-refractivity contribution in [3.8, 4) is 5.88 Å². The topological polar surface area (TPSA) is 77.5 Å². The smallest absolute Gasteiger partial charge is 0.344 e.